The fourth-order valence-corrected chi connectivity index (χ4v) is 2.82. The highest BCUT2D eigenvalue weighted by Crippen LogP contribution is 2.17. The van der Waals surface area contributed by atoms with Crippen molar-refractivity contribution < 1.29 is 18.8 Å². The van der Waals surface area contributed by atoms with Crippen molar-refractivity contribution in [2.45, 2.75) is 25.1 Å². The van der Waals surface area contributed by atoms with Gasteiger partial charge in [0.2, 0.25) is 5.17 Å². The molecule has 2 heterocycles. The molecule has 8 heteroatoms. The minimum Gasteiger partial charge on any atom is -0.434 e. The minimum absolute atomic E-state index is 0.0276. The fraction of sp³-hybridized carbons (Fsp3) is 0.500. The molecule has 130 valence electrons. The first-order valence-corrected chi connectivity index (χ1v) is 8.25. The summed E-state index contributed by atoms with van der Waals surface area (Å²) in [6.45, 7) is 1.44. The van der Waals surface area contributed by atoms with E-state index < -0.39 is 12.3 Å². The number of benzene rings is 1. The molecular weight excluding hydrogens is 337 g/mol. The molecule has 2 aromatic rings. The normalized spacial score (nSPS) is 21.1. The maximum absolute atomic E-state index is 13.3. The number of oxazole rings is 1. The van der Waals surface area contributed by atoms with Gasteiger partial charge in [-0.05, 0) is 31.5 Å². The van der Waals surface area contributed by atoms with E-state index in [1.54, 1.807) is 12.1 Å². The number of rotatable bonds is 6. The Kier molecular flexibility index (Phi) is 5.65. The molecule has 1 aliphatic rings. The molecular formula is C16H19ClFN3O3. The molecule has 1 saturated heterocycles. The van der Waals surface area contributed by atoms with Crippen LogP contribution in [0.5, 0.6) is 0 Å². The first-order chi connectivity index (χ1) is 11.6. The standard InChI is InChI=1S/C16H19ClFN3O3/c17-15(16-19-13-5-1-2-6-14(13)24-16)20-23-10-12(22)9-21-7-3-4-11(18)8-21/h1-2,5-6,11-12,22H,3-4,7-10H2/b20-15-. The first kappa shape index (κ1) is 17.1. The van der Waals surface area contributed by atoms with Crippen LogP contribution >= 0.6 is 11.6 Å². The average molecular weight is 356 g/mol. The Hall–Kier alpha value is -1.70. The van der Waals surface area contributed by atoms with Gasteiger partial charge in [-0.25, -0.2) is 9.37 Å². The van der Waals surface area contributed by atoms with E-state index in [1.165, 1.54) is 0 Å². The van der Waals surface area contributed by atoms with Crippen molar-refractivity contribution in [3.05, 3.63) is 30.2 Å². The second kappa shape index (κ2) is 7.92. The zero-order chi connectivity index (χ0) is 16.9. The molecule has 1 fully saturated rings. The number of aliphatic hydroxyl groups excluding tert-OH is 1. The number of para-hydroxylation sites is 2. The highest BCUT2D eigenvalue weighted by Gasteiger charge is 2.21. The van der Waals surface area contributed by atoms with E-state index in [4.69, 9.17) is 20.9 Å². The zero-order valence-electron chi connectivity index (χ0n) is 13.1. The highest BCUT2D eigenvalue weighted by atomic mass is 35.5. The topological polar surface area (TPSA) is 71.1 Å². The predicted octanol–water partition coefficient (Wildman–Crippen LogP) is 2.54. The van der Waals surface area contributed by atoms with Crippen molar-refractivity contribution >= 4 is 27.9 Å². The number of hydrogen-bond acceptors (Lipinski definition) is 6. The molecule has 24 heavy (non-hydrogen) atoms. The van der Waals surface area contributed by atoms with E-state index >= 15 is 0 Å². The molecule has 0 saturated carbocycles. The summed E-state index contributed by atoms with van der Waals surface area (Å²) in [5.41, 5.74) is 1.28. The molecule has 1 aliphatic heterocycles. The van der Waals surface area contributed by atoms with Crippen LogP contribution in [-0.4, -0.2) is 58.7 Å². The van der Waals surface area contributed by atoms with Gasteiger partial charge < -0.3 is 14.4 Å². The Morgan fingerprint density at radius 3 is 3.17 bits per heavy atom. The third-order valence-corrected chi connectivity index (χ3v) is 4.03. The molecule has 2 atom stereocenters. The van der Waals surface area contributed by atoms with Crippen molar-refractivity contribution in [1.82, 2.24) is 9.88 Å². The summed E-state index contributed by atoms with van der Waals surface area (Å²) in [6, 6.07) is 7.25. The summed E-state index contributed by atoms with van der Waals surface area (Å²) in [4.78, 5) is 11.1. The Bertz CT molecular complexity index is 676. The van der Waals surface area contributed by atoms with Gasteiger partial charge in [0.25, 0.3) is 5.89 Å². The number of oxime groups is 1. The summed E-state index contributed by atoms with van der Waals surface area (Å²) in [5.74, 6) is 0.156. The maximum atomic E-state index is 13.3. The van der Waals surface area contributed by atoms with Gasteiger partial charge in [-0.2, -0.15) is 0 Å². The van der Waals surface area contributed by atoms with Crippen molar-refractivity contribution in [3.8, 4) is 0 Å². The number of alkyl halides is 1. The average Bonchev–Trinajstić information content (AvgIpc) is 2.99. The summed E-state index contributed by atoms with van der Waals surface area (Å²) in [7, 11) is 0. The van der Waals surface area contributed by atoms with Crippen LogP contribution in [0.4, 0.5) is 4.39 Å². The first-order valence-electron chi connectivity index (χ1n) is 7.87. The number of aromatic nitrogens is 1. The van der Waals surface area contributed by atoms with Crippen LogP contribution in [-0.2, 0) is 4.84 Å². The third kappa shape index (κ3) is 4.43. The van der Waals surface area contributed by atoms with Crippen LogP contribution in [0.1, 0.15) is 18.7 Å². The smallest absolute Gasteiger partial charge is 0.261 e. The highest BCUT2D eigenvalue weighted by molar-refractivity contribution is 6.68. The van der Waals surface area contributed by atoms with Gasteiger partial charge in [-0.3, -0.25) is 4.90 Å². The van der Waals surface area contributed by atoms with Crippen LogP contribution < -0.4 is 0 Å². The van der Waals surface area contributed by atoms with Gasteiger partial charge in [0.15, 0.2) is 5.58 Å². The van der Waals surface area contributed by atoms with Crippen LogP contribution in [0.25, 0.3) is 11.1 Å². The molecule has 2 unspecified atom stereocenters. The number of nitrogens with zero attached hydrogens (tertiary/aromatic N) is 3. The van der Waals surface area contributed by atoms with Crippen LogP contribution in [0.2, 0.25) is 0 Å². The Morgan fingerprint density at radius 1 is 1.54 bits per heavy atom. The van der Waals surface area contributed by atoms with Crippen molar-refractivity contribution in [2.75, 3.05) is 26.2 Å². The molecule has 0 amide bonds. The van der Waals surface area contributed by atoms with E-state index in [2.05, 4.69) is 10.1 Å². The maximum Gasteiger partial charge on any atom is 0.261 e. The summed E-state index contributed by atoms with van der Waals surface area (Å²) in [5, 5.41) is 13.6. The molecule has 0 aliphatic carbocycles. The predicted molar refractivity (Wildman–Crippen MR) is 88.9 cm³/mol. The second-order valence-electron chi connectivity index (χ2n) is 5.82. The van der Waals surface area contributed by atoms with Crippen LogP contribution in [0.3, 0.4) is 0 Å². The lowest BCUT2D eigenvalue weighted by atomic mass is 10.1. The number of hydrogen-bond donors (Lipinski definition) is 1. The van der Waals surface area contributed by atoms with E-state index in [0.717, 1.165) is 13.0 Å². The Morgan fingerprint density at radius 2 is 2.38 bits per heavy atom. The van der Waals surface area contributed by atoms with Gasteiger partial charge in [0.1, 0.15) is 24.4 Å². The molecule has 0 spiro atoms. The summed E-state index contributed by atoms with van der Waals surface area (Å²) >= 11 is 6.00. The lowest BCUT2D eigenvalue weighted by molar-refractivity contribution is 0.00876. The lowest BCUT2D eigenvalue weighted by Crippen LogP contribution is -2.42. The quantitative estimate of drug-likeness (QED) is 0.637. The van der Waals surface area contributed by atoms with Gasteiger partial charge in [0.05, 0.1) is 0 Å². The molecule has 0 bridgehead atoms. The number of β-amino-alcohol motifs (C(OH)–C–C–N with tert-alkyl or cyclic N) is 1. The molecule has 0 radical (unpaired) electrons. The Balaban J connectivity index is 1.49. The molecule has 1 aromatic heterocycles. The largest absolute Gasteiger partial charge is 0.434 e. The van der Waals surface area contributed by atoms with Gasteiger partial charge >= 0.3 is 0 Å². The van der Waals surface area contributed by atoms with Crippen molar-refractivity contribution in [3.63, 3.8) is 0 Å². The van der Waals surface area contributed by atoms with Crippen LogP contribution in [0.15, 0.2) is 33.8 Å². The van der Waals surface area contributed by atoms with E-state index in [0.29, 0.717) is 30.6 Å². The number of fused-ring (bicyclic) bond motifs is 1. The van der Waals surface area contributed by atoms with E-state index in [-0.39, 0.29) is 17.7 Å². The number of likely N-dealkylation sites (tertiary alicyclic amines) is 1. The van der Waals surface area contributed by atoms with Gasteiger partial charge in [-0.15, -0.1) is 0 Å². The summed E-state index contributed by atoms with van der Waals surface area (Å²) < 4.78 is 18.8. The van der Waals surface area contributed by atoms with Crippen LogP contribution in [0, 0.1) is 0 Å². The summed E-state index contributed by atoms with van der Waals surface area (Å²) in [6.07, 6.45) is -0.199. The van der Waals surface area contributed by atoms with Crippen molar-refractivity contribution in [2.24, 2.45) is 5.16 Å². The van der Waals surface area contributed by atoms with Gasteiger partial charge in [0, 0.05) is 13.1 Å². The van der Waals surface area contributed by atoms with Gasteiger partial charge in [-0.1, -0.05) is 28.9 Å². The second-order valence-corrected chi connectivity index (χ2v) is 6.18. The molecule has 6 nitrogen and oxygen atoms in total. The van der Waals surface area contributed by atoms with Crippen molar-refractivity contribution in [1.29, 1.82) is 0 Å². The zero-order valence-corrected chi connectivity index (χ0v) is 13.8. The molecule has 1 aromatic carbocycles. The number of halogens is 2. The molecule has 1 N–H and O–H groups in total. The molecule has 3 rings (SSSR count). The third-order valence-electron chi connectivity index (χ3n) is 3.80. The lowest BCUT2D eigenvalue weighted by Gasteiger charge is -2.30. The fourth-order valence-electron chi connectivity index (χ4n) is 2.70. The SMILES string of the molecule is OC(CO/N=C(\Cl)c1nc2ccccc2o1)CN1CCCC(F)C1. The number of piperidine rings is 1. The number of aliphatic hydroxyl groups is 1. The van der Waals surface area contributed by atoms with E-state index in [9.17, 15) is 9.50 Å². The van der Waals surface area contributed by atoms with E-state index in [1.807, 2.05) is 17.0 Å². The monoisotopic (exact) mass is 355 g/mol. The Labute approximate surface area is 143 Å². The minimum atomic E-state index is -0.821.